The summed E-state index contributed by atoms with van der Waals surface area (Å²) in [5.41, 5.74) is 2.51. The topological polar surface area (TPSA) is 118 Å². The maximum absolute atomic E-state index is 14.0. The molecule has 1 aliphatic heterocycles. The van der Waals surface area contributed by atoms with Gasteiger partial charge in [-0.2, -0.15) is 0 Å². The lowest BCUT2D eigenvalue weighted by Gasteiger charge is -2.42. The van der Waals surface area contributed by atoms with Gasteiger partial charge >= 0.3 is 0 Å². The maximum atomic E-state index is 14.0. The number of ether oxygens (including phenoxy) is 1. The van der Waals surface area contributed by atoms with Crippen LogP contribution in [0, 0.1) is 17.8 Å². The van der Waals surface area contributed by atoms with E-state index in [1.165, 1.54) is 25.0 Å². The Morgan fingerprint density at radius 3 is 2.42 bits per heavy atom. The lowest BCUT2D eigenvalue weighted by atomic mass is 9.59. The Morgan fingerprint density at radius 1 is 1.02 bits per heavy atom. The fraction of sp³-hybridized carbons (Fsp3) is 0.258. The molecule has 2 aromatic rings. The minimum Gasteiger partial charge on any atom is -0.504 e. The van der Waals surface area contributed by atoms with E-state index in [1.54, 1.807) is 42.5 Å². The normalized spacial score (nSPS) is 25.7. The highest BCUT2D eigenvalue weighted by atomic mass is 79.9. The highest BCUT2D eigenvalue weighted by Gasteiger charge is 2.57. The third kappa shape index (κ3) is 3.75. The van der Waals surface area contributed by atoms with Crippen LogP contribution in [-0.4, -0.2) is 41.4 Å². The number of imide groups is 1. The van der Waals surface area contributed by atoms with Crippen LogP contribution in [0.15, 0.2) is 75.8 Å². The average Bonchev–Trinajstić information content (AvgIpc) is 3.20. The van der Waals surface area contributed by atoms with Gasteiger partial charge in [0, 0.05) is 34.3 Å². The lowest BCUT2D eigenvalue weighted by Crippen LogP contribution is -2.39. The van der Waals surface area contributed by atoms with Gasteiger partial charge < -0.3 is 9.84 Å². The number of hydrogen-bond donors (Lipinski definition) is 1. The zero-order valence-electron chi connectivity index (χ0n) is 21.6. The number of phenols is 1. The first-order chi connectivity index (χ1) is 19.1. The molecule has 4 aliphatic rings. The van der Waals surface area contributed by atoms with Gasteiger partial charge in [0.1, 0.15) is 0 Å². The van der Waals surface area contributed by atoms with E-state index in [0.717, 1.165) is 5.57 Å². The Balaban J connectivity index is 1.47. The number of aromatic hydroxyl groups is 1. The number of carbonyl (C=O) groups is 5. The predicted molar refractivity (Wildman–Crippen MR) is 148 cm³/mol. The van der Waals surface area contributed by atoms with Crippen LogP contribution in [0.1, 0.15) is 41.6 Å². The Bertz CT molecular complexity index is 1630. The second-order valence-electron chi connectivity index (χ2n) is 10.4. The fourth-order valence-corrected chi connectivity index (χ4v) is 7.05. The molecule has 1 fully saturated rings. The molecule has 4 atom stereocenters. The summed E-state index contributed by atoms with van der Waals surface area (Å²) in [6.45, 7) is 1.44. The van der Waals surface area contributed by atoms with Gasteiger partial charge in [0.2, 0.25) is 11.8 Å². The van der Waals surface area contributed by atoms with Gasteiger partial charge in [0.25, 0.3) is 0 Å². The van der Waals surface area contributed by atoms with Crippen LogP contribution >= 0.6 is 15.9 Å². The van der Waals surface area contributed by atoms with E-state index in [0.29, 0.717) is 16.8 Å². The number of carbonyl (C=O) groups excluding carboxylic acids is 5. The molecule has 0 spiro atoms. The number of ketones is 3. The quantitative estimate of drug-likeness (QED) is 0.236. The highest BCUT2D eigenvalue weighted by Crippen LogP contribution is 2.57. The van der Waals surface area contributed by atoms with Crippen LogP contribution < -0.4 is 9.64 Å². The summed E-state index contributed by atoms with van der Waals surface area (Å²) in [5.74, 6) is -4.20. The zero-order chi connectivity index (χ0) is 28.5. The number of halogens is 1. The molecule has 40 heavy (non-hydrogen) atoms. The van der Waals surface area contributed by atoms with Gasteiger partial charge in [-0.3, -0.25) is 28.9 Å². The minimum absolute atomic E-state index is 0.118. The summed E-state index contributed by atoms with van der Waals surface area (Å²) in [6, 6.07) is 11.3. The van der Waals surface area contributed by atoms with Crippen molar-refractivity contribution >= 4 is 50.8 Å². The van der Waals surface area contributed by atoms with E-state index >= 15 is 0 Å². The average molecular weight is 602 g/mol. The van der Waals surface area contributed by atoms with Gasteiger partial charge in [-0.15, -0.1) is 0 Å². The van der Waals surface area contributed by atoms with Crippen LogP contribution in [0.4, 0.5) is 5.69 Å². The second-order valence-corrected chi connectivity index (χ2v) is 11.3. The van der Waals surface area contributed by atoms with E-state index in [4.69, 9.17) is 4.74 Å². The SMILES string of the molecule is COc1cccc([C@H]2C3=CC[C@@H]4C(=O)N(c5ccc(C(C)=O)cc5)C(=O)[C@@H]4[C@@H]3CC3=C2C(=O)C=C(Br)C3=O)c1O. The van der Waals surface area contributed by atoms with Gasteiger partial charge in [-0.1, -0.05) is 23.8 Å². The molecular formula is C31H24BrNO7. The summed E-state index contributed by atoms with van der Waals surface area (Å²) in [4.78, 5) is 67.1. The number of hydrogen-bond acceptors (Lipinski definition) is 7. The zero-order valence-corrected chi connectivity index (χ0v) is 23.2. The highest BCUT2D eigenvalue weighted by molar-refractivity contribution is 9.12. The lowest BCUT2D eigenvalue weighted by molar-refractivity contribution is -0.123. The molecule has 1 N–H and O–H groups in total. The molecule has 3 aliphatic carbocycles. The number of allylic oxidation sites excluding steroid dienone is 6. The number of phenolic OH excluding ortho intramolecular Hbond substituents is 1. The third-order valence-electron chi connectivity index (χ3n) is 8.42. The number of methoxy groups -OCH3 is 1. The van der Waals surface area contributed by atoms with E-state index in [1.807, 2.05) is 6.08 Å². The third-order valence-corrected chi connectivity index (χ3v) is 9.01. The first-order valence-corrected chi connectivity index (χ1v) is 13.7. The van der Waals surface area contributed by atoms with E-state index in [-0.39, 0.29) is 69.1 Å². The summed E-state index contributed by atoms with van der Waals surface area (Å²) >= 11 is 3.21. The smallest absolute Gasteiger partial charge is 0.238 e. The van der Waals surface area contributed by atoms with Crippen LogP contribution in [0.3, 0.4) is 0 Å². The molecule has 2 amide bonds. The largest absolute Gasteiger partial charge is 0.504 e. The van der Waals surface area contributed by atoms with Gasteiger partial charge in [-0.25, -0.2) is 0 Å². The van der Waals surface area contributed by atoms with Crippen LogP contribution in [0.2, 0.25) is 0 Å². The molecule has 0 unspecified atom stereocenters. The molecule has 0 aromatic heterocycles. The van der Waals surface area contributed by atoms with Crippen molar-refractivity contribution in [3.63, 3.8) is 0 Å². The van der Waals surface area contributed by atoms with E-state index < -0.39 is 23.7 Å². The van der Waals surface area contributed by atoms with Crippen molar-refractivity contribution in [3.8, 4) is 11.5 Å². The number of para-hydroxylation sites is 1. The number of fused-ring (bicyclic) bond motifs is 3. The number of nitrogens with zero attached hydrogens (tertiary/aromatic N) is 1. The van der Waals surface area contributed by atoms with Crippen molar-refractivity contribution in [3.05, 3.63) is 86.9 Å². The molecule has 202 valence electrons. The molecule has 9 heteroatoms. The number of anilines is 1. The maximum Gasteiger partial charge on any atom is 0.238 e. The monoisotopic (exact) mass is 601 g/mol. The van der Waals surface area contributed by atoms with Crippen molar-refractivity contribution in [1.29, 1.82) is 0 Å². The summed E-state index contributed by atoms with van der Waals surface area (Å²) in [7, 11) is 1.42. The van der Waals surface area contributed by atoms with Crippen LogP contribution in [-0.2, 0) is 19.2 Å². The Morgan fingerprint density at radius 2 is 1.75 bits per heavy atom. The molecule has 2 aromatic carbocycles. The van der Waals surface area contributed by atoms with Gasteiger partial charge in [0.05, 0.1) is 29.1 Å². The number of rotatable bonds is 4. The molecule has 1 saturated heterocycles. The van der Waals surface area contributed by atoms with Gasteiger partial charge in [-0.05, 0) is 71.9 Å². The molecule has 6 rings (SSSR count). The van der Waals surface area contributed by atoms with E-state index in [9.17, 15) is 29.1 Å². The molecule has 0 radical (unpaired) electrons. The van der Waals surface area contributed by atoms with Crippen LogP contribution in [0.25, 0.3) is 0 Å². The fourth-order valence-electron chi connectivity index (χ4n) is 6.60. The van der Waals surface area contributed by atoms with Crippen molar-refractivity contribution in [2.45, 2.75) is 25.7 Å². The Hall–Kier alpha value is -4.11. The van der Waals surface area contributed by atoms with Crippen molar-refractivity contribution in [1.82, 2.24) is 0 Å². The Kier molecular flexibility index (Phi) is 6.22. The number of amides is 2. The number of Topliss-reactive ketones (excluding diaryl/α,β-unsaturated/α-hetero) is 2. The standard InChI is InChI=1S/C31H24BrNO7/c1-14(34)15-6-8-16(9-7-15)33-30(38)19-11-10-17-20(26(19)31(33)39)12-21-27(23(35)13-22(32)28(21)36)25(17)18-4-3-5-24(40-2)29(18)37/h3-10,13,19-20,25-26,37H,11-12H2,1-2H3/t19-,20+,25+,26-/m0/s1. The van der Waals surface area contributed by atoms with E-state index in [2.05, 4.69) is 15.9 Å². The second kappa shape index (κ2) is 9.52. The van der Waals surface area contributed by atoms with Crippen molar-refractivity contribution in [2.24, 2.45) is 17.8 Å². The number of benzene rings is 2. The first kappa shape index (κ1) is 26.1. The molecule has 0 bridgehead atoms. The molecule has 1 heterocycles. The van der Waals surface area contributed by atoms with Crippen molar-refractivity contribution < 1.29 is 33.8 Å². The summed E-state index contributed by atoms with van der Waals surface area (Å²) in [6.07, 6.45) is 3.52. The summed E-state index contributed by atoms with van der Waals surface area (Å²) in [5, 5.41) is 11.1. The summed E-state index contributed by atoms with van der Waals surface area (Å²) < 4.78 is 5.45. The Labute approximate surface area is 238 Å². The minimum atomic E-state index is -0.787. The van der Waals surface area contributed by atoms with Gasteiger partial charge in [0.15, 0.2) is 28.8 Å². The first-order valence-electron chi connectivity index (χ1n) is 12.9. The van der Waals surface area contributed by atoms with Crippen LogP contribution in [0.5, 0.6) is 11.5 Å². The molecule has 0 saturated carbocycles. The molecular weight excluding hydrogens is 578 g/mol. The molecule has 8 nitrogen and oxygen atoms in total. The van der Waals surface area contributed by atoms with Crippen molar-refractivity contribution in [2.75, 3.05) is 12.0 Å². The predicted octanol–water partition coefficient (Wildman–Crippen LogP) is 4.57.